The topological polar surface area (TPSA) is 192 Å². The van der Waals surface area contributed by atoms with Gasteiger partial charge in [-0.3, -0.25) is 13.8 Å². The number of phosphoric ester groups is 1. The van der Waals surface area contributed by atoms with Crippen LogP contribution >= 0.6 is 7.82 Å². The van der Waals surface area contributed by atoms with E-state index in [1.54, 1.807) is 0 Å². The number of esters is 1. The van der Waals surface area contributed by atoms with Gasteiger partial charge >= 0.3 is 13.8 Å². The van der Waals surface area contributed by atoms with Crippen molar-refractivity contribution in [3.05, 3.63) is 60.8 Å². The van der Waals surface area contributed by atoms with Crippen LogP contribution in [0.1, 0.15) is 187 Å². The molecule has 0 aromatic carbocycles. The van der Waals surface area contributed by atoms with Crippen molar-refractivity contribution >= 4 is 13.8 Å². The quantitative estimate of drug-likeness (QED) is 0.0147. The maximum absolute atomic E-state index is 12.8. The van der Waals surface area contributed by atoms with Crippen LogP contribution in [0.15, 0.2) is 60.8 Å². The van der Waals surface area contributed by atoms with Gasteiger partial charge in [-0.2, -0.15) is 0 Å². The Morgan fingerprint density at radius 3 is 1.44 bits per heavy atom. The molecule has 0 heterocycles. The Labute approximate surface area is 381 Å². The van der Waals surface area contributed by atoms with Gasteiger partial charge in [-0.1, -0.05) is 164 Å². The number of allylic oxidation sites excluding steroid dienone is 10. The Morgan fingerprint density at radius 2 is 0.937 bits per heavy atom. The van der Waals surface area contributed by atoms with Crippen molar-refractivity contribution in [1.82, 2.24) is 0 Å². The number of carbonyl (C=O) groups is 1. The van der Waals surface area contributed by atoms with E-state index in [-0.39, 0.29) is 13.0 Å². The second kappa shape index (κ2) is 40.3. The first-order valence-electron chi connectivity index (χ1n) is 24.6. The molecule has 0 aromatic heterocycles. The van der Waals surface area contributed by atoms with Gasteiger partial charge < -0.3 is 39.9 Å². The molecule has 1 fully saturated rings. The molecule has 6 unspecified atom stereocenters. The lowest BCUT2D eigenvalue weighted by atomic mass is 9.85. The van der Waals surface area contributed by atoms with Crippen molar-refractivity contribution in [2.24, 2.45) is 0 Å². The van der Waals surface area contributed by atoms with Crippen molar-refractivity contribution in [2.75, 3.05) is 19.8 Å². The van der Waals surface area contributed by atoms with Crippen LogP contribution in [-0.2, 0) is 27.9 Å². The Morgan fingerprint density at radius 1 is 0.524 bits per heavy atom. The van der Waals surface area contributed by atoms with Crippen molar-refractivity contribution < 1.29 is 58.3 Å². The van der Waals surface area contributed by atoms with Crippen LogP contribution in [-0.4, -0.2) is 98.9 Å². The molecule has 366 valence electrons. The number of carbonyl (C=O) groups excluding carboxylic acids is 1. The van der Waals surface area contributed by atoms with Gasteiger partial charge in [0.25, 0.3) is 0 Å². The minimum atomic E-state index is -5.03. The molecule has 0 saturated heterocycles. The highest BCUT2D eigenvalue weighted by molar-refractivity contribution is 7.47. The predicted molar refractivity (Wildman–Crippen MR) is 253 cm³/mol. The SMILES string of the molecule is CC/C=C\C/C=C\C/C=C\C/C=C\CCCCCCCCCCCOCC(COP(=O)(O)OC1C(O)C(O)C(O)C(O)C1O)OC(=O)CCCCCCC/C=C\CCCCCCC. The van der Waals surface area contributed by atoms with Gasteiger partial charge in [0.1, 0.15) is 42.7 Å². The van der Waals surface area contributed by atoms with Crippen molar-refractivity contribution in [3.8, 4) is 0 Å². The summed E-state index contributed by atoms with van der Waals surface area (Å²) in [4.78, 5) is 23.2. The average molecular weight is 913 g/mol. The monoisotopic (exact) mass is 913 g/mol. The molecule has 1 aliphatic rings. The zero-order valence-electron chi connectivity index (χ0n) is 39.1. The van der Waals surface area contributed by atoms with Crippen LogP contribution < -0.4 is 0 Å². The van der Waals surface area contributed by atoms with E-state index in [0.29, 0.717) is 13.0 Å². The van der Waals surface area contributed by atoms with E-state index in [4.69, 9.17) is 18.5 Å². The van der Waals surface area contributed by atoms with E-state index in [1.165, 1.54) is 64.2 Å². The summed E-state index contributed by atoms with van der Waals surface area (Å²) in [6.45, 7) is 4.11. The Kier molecular flexibility index (Phi) is 37.8. The minimum absolute atomic E-state index is 0.0861. The fraction of sp³-hybridized carbons (Fsp3) is 0.780. The van der Waals surface area contributed by atoms with Gasteiger partial charge in [0.2, 0.25) is 0 Å². The molecule has 6 atom stereocenters. The largest absolute Gasteiger partial charge is 0.472 e. The van der Waals surface area contributed by atoms with Gasteiger partial charge in [0, 0.05) is 13.0 Å². The Hall–Kier alpha value is -1.96. The van der Waals surface area contributed by atoms with Crippen LogP contribution in [0, 0.1) is 0 Å². The molecule has 13 heteroatoms. The van der Waals surface area contributed by atoms with Gasteiger partial charge in [-0.15, -0.1) is 0 Å². The van der Waals surface area contributed by atoms with E-state index in [2.05, 4.69) is 74.6 Å². The van der Waals surface area contributed by atoms with E-state index < -0.39 is 63.1 Å². The molecule has 1 rings (SSSR count). The highest BCUT2D eigenvalue weighted by Crippen LogP contribution is 2.47. The van der Waals surface area contributed by atoms with Crippen LogP contribution in [0.25, 0.3) is 0 Å². The Bertz CT molecular complexity index is 1270. The number of unbranched alkanes of at least 4 members (excludes halogenated alkanes) is 19. The number of hydrogen-bond donors (Lipinski definition) is 6. The van der Waals surface area contributed by atoms with E-state index >= 15 is 0 Å². The Balaban J connectivity index is 2.35. The lowest BCUT2D eigenvalue weighted by Crippen LogP contribution is -2.64. The van der Waals surface area contributed by atoms with Crippen molar-refractivity contribution in [3.63, 3.8) is 0 Å². The normalized spacial score (nSPS) is 22.3. The summed E-state index contributed by atoms with van der Waals surface area (Å²) in [5.74, 6) is -0.490. The van der Waals surface area contributed by atoms with Crippen LogP contribution in [0.4, 0.5) is 0 Å². The van der Waals surface area contributed by atoms with E-state index in [9.17, 15) is 39.8 Å². The standard InChI is InChI=1S/C50H89O12P/c1-3-5-7-9-11-13-15-17-19-20-21-22-23-24-25-26-28-30-32-34-36-38-40-59-41-43(42-60-63(57,58)62-50-48(55)46(53)45(52)47(54)49(50)56)61-44(51)39-37-35-33-31-29-27-18-16-14-12-10-8-6-4-2/h5,7,11,13,16-19,21-22,43,45-50,52-56H,3-4,6,8-10,12,14-15,20,23-42H2,1-2H3,(H,57,58)/b7-5-,13-11-,18-16-,19-17-,22-21-. The number of ether oxygens (including phenoxy) is 2. The molecule has 1 saturated carbocycles. The summed E-state index contributed by atoms with van der Waals surface area (Å²) in [7, 11) is -5.03. The molecule has 6 N–H and O–H groups in total. The highest BCUT2D eigenvalue weighted by Gasteiger charge is 2.51. The summed E-state index contributed by atoms with van der Waals surface area (Å²) in [5, 5.41) is 50.2. The highest BCUT2D eigenvalue weighted by atomic mass is 31.2. The smallest absolute Gasteiger partial charge is 0.457 e. The van der Waals surface area contributed by atoms with Crippen LogP contribution in [0.2, 0.25) is 0 Å². The molecule has 0 amide bonds. The third-order valence-corrected chi connectivity index (χ3v) is 12.1. The van der Waals surface area contributed by atoms with Crippen LogP contribution in [0.5, 0.6) is 0 Å². The van der Waals surface area contributed by atoms with Gasteiger partial charge in [-0.05, 0) is 77.0 Å². The molecular formula is C50H89O12P. The first kappa shape index (κ1) is 59.1. The lowest BCUT2D eigenvalue weighted by molar-refractivity contribution is -0.220. The molecule has 1 aliphatic carbocycles. The summed E-state index contributed by atoms with van der Waals surface area (Å²) >= 11 is 0. The molecule has 0 spiro atoms. The number of aliphatic hydroxyl groups is 5. The third kappa shape index (κ3) is 32.4. The average Bonchev–Trinajstić information content (AvgIpc) is 3.27. The molecule has 0 aliphatic heterocycles. The molecular weight excluding hydrogens is 824 g/mol. The number of rotatable bonds is 41. The summed E-state index contributed by atoms with van der Waals surface area (Å²) in [5.41, 5.74) is 0. The van der Waals surface area contributed by atoms with Crippen molar-refractivity contribution in [2.45, 2.75) is 230 Å². The van der Waals surface area contributed by atoms with E-state index in [0.717, 1.165) is 96.3 Å². The van der Waals surface area contributed by atoms with E-state index in [1.807, 2.05) is 0 Å². The van der Waals surface area contributed by atoms with Crippen molar-refractivity contribution in [1.29, 1.82) is 0 Å². The molecule has 0 radical (unpaired) electrons. The molecule has 12 nitrogen and oxygen atoms in total. The fourth-order valence-electron chi connectivity index (χ4n) is 7.22. The van der Waals surface area contributed by atoms with Crippen LogP contribution in [0.3, 0.4) is 0 Å². The second-order valence-corrected chi connectivity index (χ2v) is 18.3. The molecule has 63 heavy (non-hydrogen) atoms. The first-order chi connectivity index (χ1) is 30.5. The van der Waals surface area contributed by atoms with Gasteiger partial charge in [0.05, 0.1) is 13.2 Å². The zero-order valence-corrected chi connectivity index (χ0v) is 40.0. The number of aliphatic hydroxyl groups excluding tert-OH is 5. The summed E-state index contributed by atoms with van der Waals surface area (Å²) in [6.07, 6.45) is 38.6. The summed E-state index contributed by atoms with van der Waals surface area (Å²) < 4.78 is 34.2. The molecule has 0 aromatic rings. The molecule has 0 bridgehead atoms. The number of phosphoric acid groups is 1. The first-order valence-corrected chi connectivity index (χ1v) is 26.1. The maximum Gasteiger partial charge on any atom is 0.472 e. The maximum atomic E-state index is 12.8. The minimum Gasteiger partial charge on any atom is -0.457 e. The predicted octanol–water partition coefficient (Wildman–Crippen LogP) is 10.6. The van der Waals surface area contributed by atoms with Gasteiger partial charge in [-0.25, -0.2) is 4.57 Å². The second-order valence-electron chi connectivity index (χ2n) is 16.9. The fourth-order valence-corrected chi connectivity index (χ4v) is 8.20. The zero-order chi connectivity index (χ0) is 46.2. The third-order valence-electron chi connectivity index (χ3n) is 11.1. The lowest BCUT2D eigenvalue weighted by Gasteiger charge is -2.41. The summed E-state index contributed by atoms with van der Waals surface area (Å²) in [6, 6.07) is 0. The number of hydrogen-bond acceptors (Lipinski definition) is 11. The van der Waals surface area contributed by atoms with Gasteiger partial charge in [0.15, 0.2) is 0 Å².